The highest BCUT2D eigenvalue weighted by Crippen LogP contribution is 2.24. The van der Waals surface area contributed by atoms with Gasteiger partial charge in [-0.1, -0.05) is 12.8 Å². The first-order chi connectivity index (χ1) is 9.99. The Labute approximate surface area is 126 Å². The summed E-state index contributed by atoms with van der Waals surface area (Å²) in [5.74, 6) is -0.920. The maximum absolute atomic E-state index is 12.7. The summed E-state index contributed by atoms with van der Waals surface area (Å²) in [6.07, 6.45) is 4.06. The van der Waals surface area contributed by atoms with Crippen LogP contribution in [0.2, 0.25) is 0 Å². The van der Waals surface area contributed by atoms with Crippen molar-refractivity contribution in [3.63, 3.8) is 0 Å². The molecular weight excluding hydrogens is 270 g/mol. The van der Waals surface area contributed by atoms with Crippen molar-refractivity contribution in [3.8, 4) is 0 Å². The highest BCUT2D eigenvalue weighted by molar-refractivity contribution is 5.80. The third kappa shape index (κ3) is 4.09. The minimum absolute atomic E-state index is 0.0901. The zero-order valence-electron chi connectivity index (χ0n) is 13.1. The summed E-state index contributed by atoms with van der Waals surface area (Å²) in [4.78, 5) is 29.5. The fourth-order valence-electron chi connectivity index (χ4n) is 3.33. The number of carbonyl (C=O) groups is 2. The predicted octanol–water partition coefficient (Wildman–Crippen LogP) is 1.46. The molecule has 0 aromatic rings. The molecular formula is C15H27N3O3. The fraction of sp³-hybridized carbons (Fsp3) is 0.867. The number of urea groups is 1. The first-order valence-electron chi connectivity index (χ1n) is 8.00. The summed E-state index contributed by atoms with van der Waals surface area (Å²) in [6, 6.07) is 0.511. The Bertz CT molecular complexity index is 372. The van der Waals surface area contributed by atoms with Crippen LogP contribution in [0.25, 0.3) is 0 Å². The zero-order valence-corrected chi connectivity index (χ0v) is 13.1. The standard InChI is InChI=1S/C15H27N3O3/c1-12(2)16-7-9-17(10-8-16)15(21)18(11-14(19)20)13-5-3-4-6-13/h12-13H,3-11H2,1-2H3,(H,19,20). The van der Waals surface area contributed by atoms with Gasteiger partial charge in [0.05, 0.1) is 0 Å². The van der Waals surface area contributed by atoms with Crippen LogP contribution in [0.15, 0.2) is 0 Å². The minimum Gasteiger partial charge on any atom is -0.480 e. The van der Waals surface area contributed by atoms with E-state index in [1.807, 2.05) is 4.90 Å². The Morgan fingerprint density at radius 2 is 1.71 bits per heavy atom. The van der Waals surface area contributed by atoms with E-state index in [9.17, 15) is 9.59 Å². The second-order valence-electron chi connectivity index (χ2n) is 6.36. The van der Waals surface area contributed by atoms with Crippen LogP contribution in [0.4, 0.5) is 4.79 Å². The average Bonchev–Trinajstić information content (AvgIpc) is 2.98. The summed E-state index contributed by atoms with van der Waals surface area (Å²) in [5, 5.41) is 9.09. The van der Waals surface area contributed by atoms with Gasteiger partial charge in [0.2, 0.25) is 0 Å². The molecule has 6 heteroatoms. The summed E-state index contributed by atoms with van der Waals surface area (Å²) in [6.45, 7) is 7.27. The summed E-state index contributed by atoms with van der Waals surface area (Å²) >= 11 is 0. The van der Waals surface area contributed by atoms with Gasteiger partial charge in [-0.05, 0) is 26.7 Å². The smallest absolute Gasteiger partial charge is 0.323 e. The molecule has 21 heavy (non-hydrogen) atoms. The second kappa shape index (κ2) is 7.11. The van der Waals surface area contributed by atoms with Gasteiger partial charge in [-0.2, -0.15) is 0 Å². The van der Waals surface area contributed by atoms with Gasteiger partial charge >= 0.3 is 12.0 Å². The van der Waals surface area contributed by atoms with E-state index in [1.54, 1.807) is 4.90 Å². The number of aliphatic carboxylic acids is 1. The van der Waals surface area contributed by atoms with Gasteiger partial charge in [-0.15, -0.1) is 0 Å². The maximum Gasteiger partial charge on any atom is 0.323 e. The molecule has 1 saturated carbocycles. The number of carbonyl (C=O) groups excluding carboxylic acids is 1. The molecule has 0 aromatic heterocycles. The number of piperazine rings is 1. The average molecular weight is 297 g/mol. The summed E-state index contributed by atoms with van der Waals surface area (Å²) < 4.78 is 0. The van der Waals surface area contributed by atoms with Gasteiger partial charge in [0.1, 0.15) is 6.54 Å². The molecule has 0 bridgehead atoms. The zero-order chi connectivity index (χ0) is 15.4. The van der Waals surface area contributed by atoms with E-state index in [0.717, 1.165) is 38.8 Å². The van der Waals surface area contributed by atoms with E-state index in [1.165, 1.54) is 0 Å². The quantitative estimate of drug-likeness (QED) is 0.853. The van der Waals surface area contributed by atoms with Crippen LogP contribution in [0, 0.1) is 0 Å². The lowest BCUT2D eigenvalue weighted by atomic mass is 10.2. The molecule has 1 N–H and O–H groups in total. The van der Waals surface area contributed by atoms with E-state index in [0.29, 0.717) is 19.1 Å². The predicted molar refractivity (Wildman–Crippen MR) is 80.3 cm³/mol. The fourth-order valence-corrected chi connectivity index (χ4v) is 3.33. The molecule has 0 radical (unpaired) electrons. The van der Waals surface area contributed by atoms with Crippen molar-refractivity contribution < 1.29 is 14.7 Å². The number of carboxylic acid groups (broad SMARTS) is 1. The van der Waals surface area contributed by atoms with E-state index in [2.05, 4.69) is 18.7 Å². The minimum atomic E-state index is -0.920. The van der Waals surface area contributed by atoms with Crippen LogP contribution in [0.3, 0.4) is 0 Å². The maximum atomic E-state index is 12.7. The van der Waals surface area contributed by atoms with Crippen LogP contribution in [0.5, 0.6) is 0 Å². The second-order valence-corrected chi connectivity index (χ2v) is 6.36. The molecule has 0 atom stereocenters. The van der Waals surface area contributed by atoms with Crippen LogP contribution >= 0.6 is 0 Å². The summed E-state index contributed by atoms with van der Waals surface area (Å²) in [7, 11) is 0. The lowest BCUT2D eigenvalue weighted by Gasteiger charge is -2.40. The molecule has 2 fully saturated rings. The number of rotatable bonds is 4. The van der Waals surface area contributed by atoms with Gasteiger partial charge in [0.25, 0.3) is 0 Å². The van der Waals surface area contributed by atoms with E-state index < -0.39 is 5.97 Å². The molecule has 1 heterocycles. The Morgan fingerprint density at radius 3 is 2.19 bits per heavy atom. The van der Waals surface area contributed by atoms with Crippen LogP contribution < -0.4 is 0 Å². The SMILES string of the molecule is CC(C)N1CCN(C(=O)N(CC(=O)O)C2CCCC2)CC1. The molecule has 2 amide bonds. The number of hydrogen-bond acceptors (Lipinski definition) is 3. The van der Waals surface area contributed by atoms with Crippen LogP contribution in [-0.2, 0) is 4.79 Å². The first kappa shape index (κ1) is 16.1. The molecule has 120 valence electrons. The molecule has 0 spiro atoms. The van der Waals surface area contributed by atoms with Gasteiger partial charge in [0, 0.05) is 38.3 Å². The van der Waals surface area contributed by atoms with Crippen LogP contribution in [0.1, 0.15) is 39.5 Å². The van der Waals surface area contributed by atoms with Gasteiger partial charge < -0.3 is 14.9 Å². The lowest BCUT2D eigenvalue weighted by Crippen LogP contribution is -2.56. The normalized spacial score (nSPS) is 21.0. The number of nitrogens with zero attached hydrogens (tertiary/aromatic N) is 3. The number of carboxylic acids is 1. The highest BCUT2D eigenvalue weighted by atomic mass is 16.4. The van der Waals surface area contributed by atoms with Crippen molar-refractivity contribution in [3.05, 3.63) is 0 Å². The molecule has 2 rings (SSSR count). The van der Waals surface area contributed by atoms with Crippen molar-refractivity contribution in [2.75, 3.05) is 32.7 Å². The monoisotopic (exact) mass is 297 g/mol. The Balaban J connectivity index is 1.96. The van der Waals surface area contributed by atoms with Crippen molar-refractivity contribution in [2.24, 2.45) is 0 Å². The third-order valence-electron chi connectivity index (χ3n) is 4.63. The van der Waals surface area contributed by atoms with Gasteiger partial charge in [0.15, 0.2) is 0 Å². The van der Waals surface area contributed by atoms with E-state index in [4.69, 9.17) is 5.11 Å². The van der Waals surface area contributed by atoms with Gasteiger partial charge in [-0.3, -0.25) is 9.69 Å². The lowest BCUT2D eigenvalue weighted by molar-refractivity contribution is -0.138. The Hall–Kier alpha value is -1.30. The Kier molecular flexibility index (Phi) is 5.45. The molecule has 6 nitrogen and oxygen atoms in total. The number of amides is 2. The topological polar surface area (TPSA) is 64.1 Å². The molecule has 0 aromatic carbocycles. The molecule has 0 unspecified atom stereocenters. The van der Waals surface area contributed by atoms with E-state index in [-0.39, 0.29) is 18.6 Å². The van der Waals surface area contributed by atoms with Crippen LogP contribution in [-0.4, -0.2) is 76.6 Å². The molecule has 1 aliphatic heterocycles. The summed E-state index contributed by atoms with van der Waals surface area (Å²) in [5.41, 5.74) is 0. The molecule has 2 aliphatic rings. The van der Waals surface area contributed by atoms with Crippen molar-refractivity contribution in [2.45, 2.75) is 51.6 Å². The largest absolute Gasteiger partial charge is 0.480 e. The highest BCUT2D eigenvalue weighted by Gasteiger charge is 2.32. The van der Waals surface area contributed by atoms with Gasteiger partial charge in [-0.25, -0.2) is 4.79 Å². The van der Waals surface area contributed by atoms with Crippen molar-refractivity contribution >= 4 is 12.0 Å². The Morgan fingerprint density at radius 1 is 1.14 bits per heavy atom. The first-order valence-corrected chi connectivity index (χ1v) is 8.00. The number of hydrogen-bond donors (Lipinski definition) is 1. The third-order valence-corrected chi connectivity index (χ3v) is 4.63. The van der Waals surface area contributed by atoms with Crippen molar-refractivity contribution in [1.82, 2.24) is 14.7 Å². The van der Waals surface area contributed by atoms with E-state index >= 15 is 0 Å². The molecule has 1 aliphatic carbocycles. The van der Waals surface area contributed by atoms with Crippen molar-refractivity contribution in [1.29, 1.82) is 0 Å². The molecule has 1 saturated heterocycles.